The smallest absolute Gasteiger partial charge is 0.226 e. The summed E-state index contributed by atoms with van der Waals surface area (Å²) in [5.41, 5.74) is 6.67. The van der Waals surface area contributed by atoms with Crippen molar-refractivity contribution in [3.63, 3.8) is 0 Å². The Kier molecular flexibility index (Phi) is 5.40. The van der Waals surface area contributed by atoms with Crippen LogP contribution >= 0.6 is 23.2 Å². The van der Waals surface area contributed by atoms with Gasteiger partial charge in [0.25, 0.3) is 0 Å². The Hall–Kier alpha value is -1.10. The third-order valence-electron chi connectivity index (χ3n) is 3.23. The first-order chi connectivity index (χ1) is 9.62. The molecule has 1 unspecified atom stereocenters. The predicted octanol–water partition coefficient (Wildman–Crippen LogP) is 3.49. The Morgan fingerprint density at radius 1 is 1.30 bits per heavy atom. The average Bonchev–Trinajstić information content (AvgIpc) is 2.87. The minimum absolute atomic E-state index is 0.383. The number of hydrogen-bond donors (Lipinski definition) is 1. The van der Waals surface area contributed by atoms with Crippen LogP contribution in [0.15, 0.2) is 22.7 Å². The number of aromatic nitrogens is 2. The molecule has 0 aliphatic heterocycles. The lowest BCUT2D eigenvalue weighted by molar-refractivity contribution is 0.347. The van der Waals surface area contributed by atoms with Crippen molar-refractivity contribution in [2.45, 2.75) is 26.2 Å². The largest absolute Gasteiger partial charge is 0.339 e. The minimum Gasteiger partial charge on any atom is -0.339 e. The van der Waals surface area contributed by atoms with E-state index in [1.54, 1.807) is 6.07 Å². The standard InChI is InChI=1S/C14H17Cl2N3O/c1-2-9(8-17)7-14-18-13(19-20-14)6-10-3-4-11(15)12(16)5-10/h3-5,9H,2,6-8,17H2,1H3. The van der Waals surface area contributed by atoms with Gasteiger partial charge in [0.2, 0.25) is 5.89 Å². The summed E-state index contributed by atoms with van der Waals surface area (Å²) in [4.78, 5) is 4.38. The third kappa shape index (κ3) is 3.95. The van der Waals surface area contributed by atoms with Crippen LogP contribution in [0.2, 0.25) is 10.0 Å². The fourth-order valence-electron chi connectivity index (χ4n) is 1.92. The van der Waals surface area contributed by atoms with Crippen molar-refractivity contribution in [2.24, 2.45) is 11.7 Å². The van der Waals surface area contributed by atoms with E-state index in [0.717, 1.165) is 18.4 Å². The highest BCUT2D eigenvalue weighted by molar-refractivity contribution is 6.42. The van der Waals surface area contributed by atoms with Crippen LogP contribution in [0.25, 0.3) is 0 Å². The van der Waals surface area contributed by atoms with Gasteiger partial charge in [-0.2, -0.15) is 4.98 Å². The van der Waals surface area contributed by atoms with Crippen molar-refractivity contribution < 1.29 is 4.52 Å². The van der Waals surface area contributed by atoms with Crippen molar-refractivity contribution in [1.29, 1.82) is 0 Å². The molecule has 0 aliphatic carbocycles. The normalized spacial score (nSPS) is 12.6. The molecular formula is C14H17Cl2N3O. The molecule has 0 aliphatic rings. The maximum Gasteiger partial charge on any atom is 0.226 e. The summed E-state index contributed by atoms with van der Waals surface area (Å²) < 4.78 is 5.25. The molecule has 4 nitrogen and oxygen atoms in total. The quantitative estimate of drug-likeness (QED) is 0.886. The summed E-state index contributed by atoms with van der Waals surface area (Å²) in [6.07, 6.45) is 2.29. The Bertz CT molecular complexity index is 567. The molecule has 0 saturated heterocycles. The van der Waals surface area contributed by atoms with E-state index in [2.05, 4.69) is 17.1 Å². The van der Waals surface area contributed by atoms with Crippen LogP contribution in [0.1, 0.15) is 30.6 Å². The number of benzene rings is 1. The molecule has 0 bridgehead atoms. The Labute approximate surface area is 128 Å². The van der Waals surface area contributed by atoms with Gasteiger partial charge in [0.1, 0.15) is 0 Å². The lowest BCUT2D eigenvalue weighted by Gasteiger charge is -2.07. The van der Waals surface area contributed by atoms with Crippen molar-refractivity contribution in [1.82, 2.24) is 10.1 Å². The van der Waals surface area contributed by atoms with Gasteiger partial charge in [-0.1, -0.05) is 47.8 Å². The Morgan fingerprint density at radius 2 is 2.10 bits per heavy atom. The van der Waals surface area contributed by atoms with Gasteiger partial charge >= 0.3 is 0 Å². The van der Waals surface area contributed by atoms with Crippen molar-refractivity contribution >= 4 is 23.2 Å². The first-order valence-corrected chi connectivity index (χ1v) is 7.33. The van der Waals surface area contributed by atoms with Crippen LogP contribution in [-0.4, -0.2) is 16.7 Å². The number of hydrogen-bond acceptors (Lipinski definition) is 4. The summed E-state index contributed by atoms with van der Waals surface area (Å²) in [7, 11) is 0. The van der Waals surface area contributed by atoms with Gasteiger partial charge in [-0.3, -0.25) is 0 Å². The van der Waals surface area contributed by atoms with Gasteiger partial charge in [-0.25, -0.2) is 0 Å². The minimum atomic E-state index is 0.383. The van der Waals surface area contributed by atoms with Crippen LogP contribution < -0.4 is 5.73 Å². The molecule has 2 aromatic rings. The second-order valence-electron chi connectivity index (χ2n) is 4.74. The van der Waals surface area contributed by atoms with E-state index in [0.29, 0.717) is 40.6 Å². The van der Waals surface area contributed by atoms with Crippen LogP contribution in [-0.2, 0) is 12.8 Å². The molecule has 2 N–H and O–H groups in total. The van der Waals surface area contributed by atoms with Crippen LogP contribution in [0.5, 0.6) is 0 Å². The molecule has 1 heterocycles. The molecule has 2 rings (SSSR count). The summed E-state index contributed by atoms with van der Waals surface area (Å²) in [5, 5.41) is 5.05. The van der Waals surface area contributed by atoms with Gasteiger partial charge in [0, 0.05) is 12.8 Å². The maximum absolute atomic E-state index is 5.98. The highest BCUT2D eigenvalue weighted by atomic mass is 35.5. The number of nitrogens with zero attached hydrogens (tertiary/aromatic N) is 2. The van der Waals surface area contributed by atoms with E-state index in [1.807, 2.05) is 12.1 Å². The molecule has 108 valence electrons. The van der Waals surface area contributed by atoms with Gasteiger partial charge < -0.3 is 10.3 Å². The number of rotatable bonds is 6. The van der Waals surface area contributed by atoms with Crippen molar-refractivity contribution in [2.75, 3.05) is 6.54 Å². The molecule has 6 heteroatoms. The number of nitrogens with two attached hydrogens (primary N) is 1. The lowest BCUT2D eigenvalue weighted by atomic mass is 10.0. The second-order valence-corrected chi connectivity index (χ2v) is 5.56. The van der Waals surface area contributed by atoms with Crippen molar-refractivity contribution in [3.8, 4) is 0 Å². The molecule has 0 radical (unpaired) electrons. The maximum atomic E-state index is 5.98. The summed E-state index contributed by atoms with van der Waals surface area (Å²) in [6, 6.07) is 5.48. The molecule has 1 aromatic heterocycles. The van der Waals surface area contributed by atoms with Crippen molar-refractivity contribution in [3.05, 3.63) is 45.5 Å². The van der Waals surface area contributed by atoms with Gasteiger partial charge in [0.15, 0.2) is 5.82 Å². The van der Waals surface area contributed by atoms with E-state index in [9.17, 15) is 0 Å². The van der Waals surface area contributed by atoms with Crippen LogP contribution in [0.4, 0.5) is 0 Å². The zero-order chi connectivity index (χ0) is 14.5. The molecule has 1 atom stereocenters. The topological polar surface area (TPSA) is 64.9 Å². The molecular weight excluding hydrogens is 297 g/mol. The SMILES string of the molecule is CCC(CN)Cc1nc(Cc2ccc(Cl)c(Cl)c2)no1. The molecule has 0 amide bonds. The highest BCUT2D eigenvalue weighted by Gasteiger charge is 2.12. The predicted molar refractivity (Wildman–Crippen MR) is 80.1 cm³/mol. The summed E-state index contributed by atoms with van der Waals surface area (Å²) >= 11 is 11.9. The Balaban J connectivity index is 2.03. The second kappa shape index (κ2) is 7.07. The monoisotopic (exact) mass is 313 g/mol. The summed E-state index contributed by atoms with van der Waals surface area (Å²) in [6.45, 7) is 2.73. The molecule has 0 fully saturated rings. The molecule has 0 spiro atoms. The zero-order valence-corrected chi connectivity index (χ0v) is 12.8. The fourth-order valence-corrected chi connectivity index (χ4v) is 2.24. The first-order valence-electron chi connectivity index (χ1n) is 6.57. The number of halogens is 2. The molecule has 20 heavy (non-hydrogen) atoms. The molecule has 0 saturated carbocycles. The summed E-state index contributed by atoms with van der Waals surface area (Å²) in [5.74, 6) is 1.66. The van der Waals surface area contributed by atoms with E-state index in [4.69, 9.17) is 33.5 Å². The fraction of sp³-hybridized carbons (Fsp3) is 0.429. The third-order valence-corrected chi connectivity index (χ3v) is 3.97. The van der Waals surface area contributed by atoms with E-state index >= 15 is 0 Å². The van der Waals surface area contributed by atoms with E-state index < -0.39 is 0 Å². The first kappa shape index (κ1) is 15.3. The van der Waals surface area contributed by atoms with Gasteiger partial charge in [-0.15, -0.1) is 0 Å². The van der Waals surface area contributed by atoms with Gasteiger partial charge in [0.05, 0.1) is 10.0 Å². The highest BCUT2D eigenvalue weighted by Crippen LogP contribution is 2.23. The van der Waals surface area contributed by atoms with Crippen LogP contribution in [0.3, 0.4) is 0 Å². The average molecular weight is 314 g/mol. The van der Waals surface area contributed by atoms with E-state index in [1.165, 1.54) is 0 Å². The zero-order valence-electron chi connectivity index (χ0n) is 11.3. The van der Waals surface area contributed by atoms with E-state index in [-0.39, 0.29) is 0 Å². The van der Waals surface area contributed by atoms with Gasteiger partial charge in [-0.05, 0) is 30.2 Å². The lowest BCUT2D eigenvalue weighted by Crippen LogP contribution is -2.16. The van der Waals surface area contributed by atoms with Crippen LogP contribution in [0, 0.1) is 5.92 Å². The Morgan fingerprint density at radius 3 is 2.75 bits per heavy atom. The molecule has 1 aromatic carbocycles.